The van der Waals surface area contributed by atoms with E-state index >= 15 is 0 Å². The molecule has 4 rings (SSSR count). The highest BCUT2D eigenvalue weighted by atomic mass is 16.5. The van der Waals surface area contributed by atoms with Crippen LogP contribution in [0.15, 0.2) is 28.9 Å². The van der Waals surface area contributed by atoms with E-state index in [1.807, 2.05) is 16.8 Å². The molecular weight excluding hydrogens is 648 g/mol. The third-order valence-corrected chi connectivity index (χ3v) is 7.25. The van der Waals surface area contributed by atoms with Crippen LogP contribution in [0.4, 0.5) is 11.8 Å². The van der Waals surface area contributed by atoms with Gasteiger partial charge in [-0.2, -0.15) is 10.1 Å². The molecule has 0 saturated heterocycles. The van der Waals surface area contributed by atoms with Gasteiger partial charge >= 0.3 is 0 Å². The van der Waals surface area contributed by atoms with Crippen LogP contribution in [0.2, 0.25) is 0 Å². The molecule has 0 fully saturated rings. The lowest BCUT2D eigenvalue weighted by Gasteiger charge is -2.06. The van der Waals surface area contributed by atoms with E-state index in [9.17, 15) is 4.79 Å². The number of nitrogens with two attached hydrogens (primary N) is 3. The summed E-state index contributed by atoms with van der Waals surface area (Å²) in [6.45, 7) is 9.71. The molecule has 0 bridgehead atoms. The summed E-state index contributed by atoms with van der Waals surface area (Å²) >= 11 is 0. The van der Waals surface area contributed by atoms with E-state index < -0.39 is 0 Å². The number of methoxy groups -OCH3 is 1. The predicted molar refractivity (Wildman–Crippen MR) is 191 cm³/mol. The van der Waals surface area contributed by atoms with Crippen molar-refractivity contribution in [2.45, 2.75) is 52.0 Å². The number of Topliss-reactive ketones (excluding diaryl/α,β-unsaturated/α-hetero) is 1. The van der Waals surface area contributed by atoms with Crippen LogP contribution in [-0.4, -0.2) is 117 Å². The molecule has 0 atom stereocenters. The number of ether oxygens (including phenoxy) is 6. The number of fused-ring (bicyclic) bond motifs is 2. The molecule has 0 unspecified atom stereocenters. The number of nitrogen functional groups attached to an aromatic ring is 2. The summed E-state index contributed by atoms with van der Waals surface area (Å²) in [5, 5.41) is 5.49. The quantitative estimate of drug-likeness (QED) is 0.0798. The smallest absolute Gasteiger partial charge is 0.292 e. The van der Waals surface area contributed by atoms with Crippen molar-refractivity contribution < 1.29 is 37.6 Å². The van der Waals surface area contributed by atoms with Gasteiger partial charge in [0.1, 0.15) is 29.1 Å². The first-order valence-electron chi connectivity index (χ1n) is 17.2. The third kappa shape index (κ3) is 14.6. The fourth-order valence-corrected chi connectivity index (χ4v) is 4.79. The van der Waals surface area contributed by atoms with Gasteiger partial charge in [0.15, 0.2) is 11.2 Å². The summed E-state index contributed by atoms with van der Waals surface area (Å²) in [4.78, 5) is 25.0. The topological polar surface area (TPSA) is 220 Å². The third-order valence-electron chi connectivity index (χ3n) is 7.25. The molecule has 4 aromatic rings. The molecule has 0 saturated carbocycles. The Balaban J connectivity index is 0.000000530. The highest BCUT2D eigenvalue weighted by molar-refractivity contribution is 5.99. The Labute approximate surface area is 293 Å². The number of rotatable bonds is 26. The number of ketones is 1. The van der Waals surface area contributed by atoms with E-state index in [4.69, 9.17) is 55.1 Å². The highest BCUT2D eigenvalue weighted by Crippen LogP contribution is 2.32. The molecule has 0 spiro atoms. The van der Waals surface area contributed by atoms with Gasteiger partial charge in [-0.25, -0.2) is 14.6 Å². The van der Waals surface area contributed by atoms with Gasteiger partial charge in [-0.1, -0.05) is 13.3 Å². The molecule has 16 heteroatoms. The Hall–Kier alpha value is -3.77. The molecule has 0 amide bonds. The lowest BCUT2D eigenvalue weighted by atomic mass is 10.1. The predicted octanol–water partition coefficient (Wildman–Crippen LogP) is 3.40. The lowest BCUT2D eigenvalue weighted by Crippen LogP contribution is -2.13. The molecule has 278 valence electrons. The number of unbranched alkanes of at least 4 members (excludes halogenated alkanes) is 2. The van der Waals surface area contributed by atoms with Crippen LogP contribution < -0.4 is 17.2 Å². The highest BCUT2D eigenvalue weighted by Gasteiger charge is 2.18. The Bertz CT molecular complexity index is 1510. The Morgan fingerprint density at radius 3 is 2.20 bits per heavy atom. The van der Waals surface area contributed by atoms with Crippen molar-refractivity contribution in [1.82, 2.24) is 24.7 Å². The molecule has 0 aliphatic carbocycles. The van der Waals surface area contributed by atoms with E-state index in [-0.39, 0.29) is 11.8 Å². The standard InChI is InChI=1S/C27H37N7O5.C7H17NO3/c1-2-11-36-13-15-38-16-14-37-12-9-20(35)6-4-3-5-10-34-26-23(25(28)30-18-31-26)24(33-34)19-7-8-22-21(17-19)32-27(29)39-22;1-9-4-5-11-7-6-10-3-2-8/h7-8,17-18H,2-6,9-16H2,1H3,(H2,29,32)(H2,28,30,31);2-8H2,1H3. The Morgan fingerprint density at radius 1 is 0.820 bits per heavy atom. The van der Waals surface area contributed by atoms with Crippen molar-refractivity contribution in [2.75, 3.05) is 97.8 Å². The summed E-state index contributed by atoms with van der Waals surface area (Å²) in [5.74, 6) is 0.571. The fourth-order valence-electron chi connectivity index (χ4n) is 4.79. The van der Waals surface area contributed by atoms with Crippen molar-refractivity contribution in [3.05, 3.63) is 24.5 Å². The molecule has 0 aliphatic rings. The van der Waals surface area contributed by atoms with Crippen LogP contribution >= 0.6 is 0 Å². The Morgan fingerprint density at radius 2 is 1.50 bits per heavy atom. The molecule has 1 aromatic carbocycles. The normalized spacial score (nSPS) is 11.3. The zero-order valence-corrected chi connectivity index (χ0v) is 29.5. The van der Waals surface area contributed by atoms with Gasteiger partial charge in [-0.15, -0.1) is 0 Å². The first-order valence-corrected chi connectivity index (χ1v) is 17.2. The van der Waals surface area contributed by atoms with Crippen molar-refractivity contribution in [1.29, 1.82) is 0 Å². The monoisotopic (exact) mass is 702 g/mol. The van der Waals surface area contributed by atoms with E-state index in [0.717, 1.165) is 37.9 Å². The van der Waals surface area contributed by atoms with Crippen molar-refractivity contribution >= 4 is 39.7 Å². The molecule has 3 heterocycles. The second-order valence-corrected chi connectivity index (χ2v) is 11.2. The van der Waals surface area contributed by atoms with Gasteiger partial charge in [-0.3, -0.25) is 4.79 Å². The minimum absolute atomic E-state index is 0.111. The molecule has 16 nitrogen and oxygen atoms in total. The van der Waals surface area contributed by atoms with Crippen LogP contribution in [-0.2, 0) is 39.8 Å². The van der Waals surface area contributed by atoms with Crippen molar-refractivity contribution in [3.8, 4) is 11.3 Å². The number of hydrogen-bond acceptors (Lipinski definition) is 15. The minimum Gasteiger partial charge on any atom is -0.424 e. The zero-order chi connectivity index (χ0) is 35.8. The number of anilines is 2. The number of benzene rings is 1. The number of aryl methyl sites for hydroxylation is 1. The summed E-state index contributed by atoms with van der Waals surface area (Å²) < 4.78 is 38.5. The van der Waals surface area contributed by atoms with Gasteiger partial charge in [0.05, 0.1) is 71.5 Å². The second-order valence-electron chi connectivity index (χ2n) is 11.2. The van der Waals surface area contributed by atoms with E-state index in [2.05, 4.69) is 21.9 Å². The van der Waals surface area contributed by atoms with Gasteiger partial charge in [-0.05, 0) is 37.5 Å². The number of oxazole rings is 1. The first-order chi connectivity index (χ1) is 24.5. The SMILES string of the molecule is CCCOCCOCCOCCC(=O)CCCCCn1nc(-c2ccc3oc(N)nc3c2)c2c(N)ncnc21.COCCOCCOCCN. The van der Waals surface area contributed by atoms with E-state index in [0.29, 0.717) is 126 Å². The van der Waals surface area contributed by atoms with Crippen LogP contribution in [0, 0.1) is 0 Å². The van der Waals surface area contributed by atoms with E-state index in [1.165, 1.54) is 6.33 Å². The molecule has 0 aliphatic heterocycles. The number of hydrogen-bond donors (Lipinski definition) is 3. The molecule has 6 N–H and O–H groups in total. The number of nitrogens with zero attached hydrogens (tertiary/aromatic N) is 5. The van der Waals surface area contributed by atoms with E-state index in [1.54, 1.807) is 13.2 Å². The maximum absolute atomic E-state index is 12.2. The minimum atomic E-state index is 0.111. The summed E-state index contributed by atoms with van der Waals surface area (Å²) in [6, 6.07) is 5.66. The summed E-state index contributed by atoms with van der Waals surface area (Å²) in [7, 11) is 1.65. The maximum Gasteiger partial charge on any atom is 0.292 e. The molecule has 3 aromatic heterocycles. The van der Waals surface area contributed by atoms with Crippen LogP contribution in [0.1, 0.15) is 45.4 Å². The molecule has 50 heavy (non-hydrogen) atoms. The lowest BCUT2D eigenvalue weighted by molar-refractivity contribution is -0.120. The van der Waals surface area contributed by atoms with Gasteiger partial charge < -0.3 is 50.0 Å². The second kappa shape index (κ2) is 24.4. The summed E-state index contributed by atoms with van der Waals surface area (Å²) in [6.07, 6.45) is 5.96. The number of aromatic nitrogens is 5. The average Bonchev–Trinajstić information content (AvgIpc) is 3.68. The van der Waals surface area contributed by atoms with Gasteiger partial charge in [0, 0.05) is 45.2 Å². The van der Waals surface area contributed by atoms with Gasteiger partial charge in [0.2, 0.25) is 0 Å². The zero-order valence-electron chi connectivity index (χ0n) is 29.5. The van der Waals surface area contributed by atoms with Crippen molar-refractivity contribution in [3.63, 3.8) is 0 Å². The summed E-state index contributed by atoms with van der Waals surface area (Å²) in [5.41, 5.74) is 20.5. The van der Waals surface area contributed by atoms with Crippen LogP contribution in [0.3, 0.4) is 0 Å². The number of carbonyl (C=O) groups excluding carboxylic acids is 1. The largest absolute Gasteiger partial charge is 0.424 e. The van der Waals surface area contributed by atoms with Crippen LogP contribution in [0.5, 0.6) is 0 Å². The maximum atomic E-state index is 12.2. The van der Waals surface area contributed by atoms with Gasteiger partial charge in [0.25, 0.3) is 6.01 Å². The fraction of sp³-hybridized carbons (Fsp3) is 0.618. The molecule has 0 radical (unpaired) electrons. The number of carbonyl (C=O) groups is 1. The van der Waals surface area contributed by atoms with Crippen LogP contribution in [0.25, 0.3) is 33.4 Å². The Kier molecular flexibility index (Phi) is 19.8. The van der Waals surface area contributed by atoms with Crippen molar-refractivity contribution in [2.24, 2.45) is 5.73 Å². The molecular formula is C34H54N8O8. The first kappa shape index (κ1) is 40.7. The average molecular weight is 703 g/mol.